The third-order valence-electron chi connectivity index (χ3n) is 2.80. The first-order chi connectivity index (χ1) is 9.63. The average molecular weight is 336 g/mol. The smallest absolute Gasteiger partial charge is 0.119 e. The van der Waals surface area contributed by atoms with Gasteiger partial charge >= 0.3 is 0 Å². The molecule has 1 atom stereocenters. The normalized spacial score (nSPS) is 11.9. The molecule has 20 heavy (non-hydrogen) atoms. The number of rotatable bonds is 6. The lowest BCUT2D eigenvalue weighted by Gasteiger charge is -2.14. The molecule has 0 fully saturated rings. The summed E-state index contributed by atoms with van der Waals surface area (Å²) in [6.45, 7) is 2.73. The van der Waals surface area contributed by atoms with Crippen LogP contribution in [0.2, 0.25) is 0 Å². The Bertz CT molecular complexity index is 510. The van der Waals surface area contributed by atoms with Crippen molar-refractivity contribution in [3.63, 3.8) is 0 Å². The number of halogens is 1. The highest BCUT2D eigenvalue weighted by Crippen LogP contribution is 2.16. The zero-order chi connectivity index (χ0) is 14.4. The highest BCUT2D eigenvalue weighted by Gasteiger charge is 2.05. The van der Waals surface area contributed by atoms with Crippen LogP contribution in [0.25, 0.3) is 0 Å². The maximum Gasteiger partial charge on any atom is 0.119 e. The zero-order valence-electron chi connectivity index (χ0n) is 11.3. The van der Waals surface area contributed by atoms with Crippen LogP contribution in [0.4, 0.5) is 5.69 Å². The standard InChI is InChI=1S/C16H18BrNO2/c1-12-4-2-7-16(8-12)20-11-15(19)10-18-14-6-3-5-13(17)9-14/h2-9,15,18-19H,10-11H2,1H3. The lowest BCUT2D eigenvalue weighted by Crippen LogP contribution is -2.26. The van der Waals surface area contributed by atoms with Crippen molar-refractivity contribution in [2.45, 2.75) is 13.0 Å². The Kier molecular flexibility index (Phi) is 5.44. The lowest BCUT2D eigenvalue weighted by molar-refractivity contribution is 0.117. The minimum Gasteiger partial charge on any atom is -0.491 e. The van der Waals surface area contributed by atoms with Crippen molar-refractivity contribution in [1.82, 2.24) is 0 Å². The van der Waals surface area contributed by atoms with E-state index in [0.29, 0.717) is 6.54 Å². The van der Waals surface area contributed by atoms with Crippen molar-refractivity contribution in [2.24, 2.45) is 0 Å². The molecular formula is C16H18BrNO2. The average Bonchev–Trinajstić information content (AvgIpc) is 2.43. The Labute approximate surface area is 127 Å². The molecule has 0 saturated carbocycles. The first kappa shape index (κ1) is 14.9. The predicted octanol–water partition coefficient (Wildman–Crippen LogP) is 3.61. The Balaban J connectivity index is 1.77. The number of hydrogen-bond acceptors (Lipinski definition) is 3. The molecule has 0 radical (unpaired) electrons. The summed E-state index contributed by atoms with van der Waals surface area (Å²) < 4.78 is 6.57. The van der Waals surface area contributed by atoms with Crippen LogP contribution in [0, 0.1) is 6.92 Å². The van der Waals surface area contributed by atoms with Gasteiger partial charge in [0.1, 0.15) is 18.5 Å². The van der Waals surface area contributed by atoms with Crippen LogP contribution in [-0.4, -0.2) is 24.4 Å². The van der Waals surface area contributed by atoms with Gasteiger partial charge in [-0.1, -0.05) is 34.1 Å². The summed E-state index contributed by atoms with van der Waals surface area (Å²) in [6, 6.07) is 15.6. The van der Waals surface area contributed by atoms with Gasteiger partial charge in [-0.3, -0.25) is 0 Å². The van der Waals surface area contributed by atoms with Gasteiger partial charge in [0.15, 0.2) is 0 Å². The van der Waals surface area contributed by atoms with Crippen LogP contribution >= 0.6 is 15.9 Å². The van der Waals surface area contributed by atoms with Crippen molar-refractivity contribution >= 4 is 21.6 Å². The molecule has 1 unspecified atom stereocenters. The molecule has 2 aromatic rings. The zero-order valence-corrected chi connectivity index (χ0v) is 12.9. The molecule has 0 aromatic heterocycles. The van der Waals surface area contributed by atoms with E-state index in [1.807, 2.05) is 55.5 Å². The van der Waals surface area contributed by atoms with Crippen molar-refractivity contribution < 1.29 is 9.84 Å². The van der Waals surface area contributed by atoms with E-state index in [1.54, 1.807) is 0 Å². The second-order valence-corrected chi connectivity index (χ2v) is 5.59. The minimum atomic E-state index is -0.561. The molecule has 0 heterocycles. The predicted molar refractivity (Wildman–Crippen MR) is 85.3 cm³/mol. The maximum atomic E-state index is 9.91. The fraction of sp³-hybridized carbons (Fsp3) is 0.250. The molecule has 106 valence electrons. The van der Waals surface area contributed by atoms with E-state index in [-0.39, 0.29) is 6.61 Å². The van der Waals surface area contributed by atoms with E-state index in [0.717, 1.165) is 21.5 Å². The Morgan fingerprint density at radius 1 is 1.20 bits per heavy atom. The number of aliphatic hydroxyl groups excluding tert-OH is 1. The Morgan fingerprint density at radius 2 is 2.00 bits per heavy atom. The van der Waals surface area contributed by atoms with E-state index in [4.69, 9.17) is 4.74 Å². The van der Waals surface area contributed by atoms with Gasteiger partial charge in [-0.2, -0.15) is 0 Å². The van der Waals surface area contributed by atoms with Crippen molar-refractivity contribution in [3.05, 3.63) is 58.6 Å². The van der Waals surface area contributed by atoms with E-state index in [2.05, 4.69) is 21.2 Å². The quantitative estimate of drug-likeness (QED) is 0.847. The third kappa shape index (κ3) is 4.87. The van der Waals surface area contributed by atoms with Crippen LogP contribution in [-0.2, 0) is 0 Å². The molecule has 2 aromatic carbocycles. The topological polar surface area (TPSA) is 41.5 Å². The first-order valence-corrected chi connectivity index (χ1v) is 7.30. The lowest BCUT2D eigenvalue weighted by atomic mass is 10.2. The summed E-state index contributed by atoms with van der Waals surface area (Å²) in [6.07, 6.45) is -0.561. The maximum absolute atomic E-state index is 9.91. The van der Waals surface area contributed by atoms with Gasteiger partial charge in [0.25, 0.3) is 0 Å². The molecule has 3 nitrogen and oxygen atoms in total. The van der Waals surface area contributed by atoms with Crippen LogP contribution in [0.3, 0.4) is 0 Å². The molecule has 0 amide bonds. The summed E-state index contributed by atoms with van der Waals surface area (Å²) in [4.78, 5) is 0. The largest absolute Gasteiger partial charge is 0.491 e. The van der Waals surface area contributed by atoms with Crippen molar-refractivity contribution in [2.75, 3.05) is 18.5 Å². The van der Waals surface area contributed by atoms with E-state index < -0.39 is 6.10 Å². The molecule has 0 aliphatic heterocycles. The van der Waals surface area contributed by atoms with Crippen molar-refractivity contribution in [1.29, 1.82) is 0 Å². The molecule has 0 aliphatic rings. The number of hydrogen-bond donors (Lipinski definition) is 2. The number of nitrogens with one attached hydrogen (secondary N) is 1. The Hall–Kier alpha value is -1.52. The number of anilines is 1. The van der Waals surface area contributed by atoms with Crippen LogP contribution in [0.1, 0.15) is 5.56 Å². The van der Waals surface area contributed by atoms with Gasteiger partial charge in [0.2, 0.25) is 0 Å². The highest BCUT2D eigenvalue weighted by molar-refractivity contribution is 9.10. The monoisotopic (exact) mass is 335 g/mol. The summed E-state index contributed by atoms with van der Waals surface area (Å²) in [5.74, 6) is 0.784. The first-order valence-electron chi connectivity index (χ1n) is 6.50. The van der Waals surface area contributed by atoms with Gasteiger partial charge < -0.3 is 15.2 Å². The van der Waals surface area contributed by atoms with E-state index >= 15 is 0 Å². The SMILES string of the molecule is Cc1cccc(OCC(O)CNc2cccc(Br)c2)c1. The van der Waals surface area contributed by atoms with E-state index in [9.17, 15) is 5.11 Å². The van der Waals surface area contributed by atoms with Gasteiger partial charge in [-0.25, -0.2) is 0 Å². The van der Waals surface area contributed by atoms with Crippen LogP contribution in [0.5, 0.6) is 5.75 Å². The van der Waals surface area contributed by atoms with Gasteiger partial charge in [0.05, 0.1) is 0 Å². The summed E-state index contributed by atoms with van der Waals surface area (Å²) >= 11 is 3.41. The molecular weight excluding hydrogens is 318 g/mol. The van der Waals surface area contributed by atoms with Gasteiger partial charge in [-0.05, 0) is 42.8 Å². The Morgan fingerprint density at radius 3 is 2.75 bits per heavy atom. The van der Waals surface area contributed by atoms with Gasteiger partial charge in [0, 0.05) is 16.7 Å². The molecule has 0 saturated heterocycles. The summed E-state index contributed by atoms with van der Waals surface area (Å²) in [5, 5.41) is 13.1. The molecule has 2 N–H and O–H groups in total. The minimum absolute atomic E-state index is 0.268. The number of ether oxygens (including phenoxy) is 1. The fourth-order valence-corrected chi connectivity index (χ4v) is 2.19. The van der Waals surface area contributed by atoms with Crippen LogP contribution in [0.15, 0.2) is 53.0 Å². The molecule has 4 heteroatoms. The molecule has 2 rings (SSSR count). The van der Waals surface area contributed by atoms with Gasteiger partial charge in [-0.15, -0.1) is 0 Å². The summed E-state index contributed by atoms with van der Waals surface area (Å²) in [7, 11) is 0. The summed E-state index contributed by atoms with van der Waals surface area (Å²) in [5.41, 5.74) is 2.11. The molecule has 0 bridgehead atoms. The highest BCUT2D eigenvalue weighted by atomic mass is 79.9. The second kappa shape index (κ2) is 7.31. The third-order valence-corrected chi connectivity index (χ3v) is 3.29. The number of benzene rings is 2. The fourth-order valence-electron chi connectivity index (χ4n) is 1.79. The number of aliphatic hydroxyl groups is 1. The molecule has 0 spiro atoms. The van der Waals surface area contributed by atoms with Crippen LogP contribution < -0.4 is 10.1 Å². The van der Waals surface area contributed by atoms with E-state index in [1.165, 1.54) is 0 Å². The second-order valence-electron chi connectivity index (χ2n) is 4.67. The number of aryl methyl sites for hydroxylation is 1. The van der Waals surface area contributed by atoms with Crippen molar-refractivity contribution in [3.8, 4) is 5.75 Å². The molecule has 0 aliphatic carbocycles.